The van der Waals surface area contributed by atoms with E-state index in [1.54, 1.807) is 27.7 Å². The molecule has 1 saturated heterocycles. The summed E-state index contributed by atoms with van der Waals surface area (Å²) in [5.41, 5.74) is -0.525. The molecule has 2 amide bonds. The number of thiophene rings is 1. The van der Waals surface area contributed by atoms with Gasteiger partial charge in [0.1, 0.15) is 29.0 Å². The third-order valence-electron chi connectivity index (χ3n) is 6.86. The van der Waals surface area contributed by atoms with E-state index in [4.69, 9.17) is 19.4 Å². The number of hydrogen-bond acceptors (Lipinski definition) is 8. The highest BCUT2D eigenvalue weighted by atomic mass is 32.1. The number of aromatic nitrogens is 2. The second-order valence-corrected chi connectivity index (χ2v) is 11.9. The number of carbonyl (C=O) groups excluding carboxylic acids is 2. The standard InChI is InChI=1S/C29H34N4O6S/c1-7-17(2)29(6,26(35)36)32-24(34)21-15-18(16-33(21)27(37)39-28(3,4)5)38-25-23(22-13-10-14-40-22)30-19-11-8-9-12-20(19)31-25/h7-14,17-18,21H,1,15-16H2,2-6H3,(H,32,34)(H,35,36)/t17-,18+,21-,29+/m0/s1. The number of rotatable bonds is 8. The Morgan fingerprint density at radius 2 is 1.82 bits per heavy atom. The van der Waals surface area contributed by atoms with Gasteiger partial charge in [-0.2, -0.15) is 0 Å². The number of para-hydroxylation sites is 2. The van der Waals surface area contributed by atoms with Crippen LogP contribution in [0.2, 0.25) is 0 Å². The Morgan fingerprint density at radius 1 is 1.15 bits per heavy atom. The molecule has 2 N–H and O–H groups in total. The summed E-state index contributed by atoms with van der Waals surface area (Å²) in [6.07, 6.45) is 0.230. The van der Waals surface area contributed by atoms with Crippen molar-refractivity contribution in [3.63, 3.8) is 0 Å². The lowest BCUT2D eigenvalue weighted by atomic mass is 9.86. The highest BCUT2D eigenvalue weighted by Crippen LogP contribution is 2.34. The number of aliphatic carboxylic acids is 1. The van der Waals surface area contributed by atoms with E-state index >= 15 is 0 Å². The minimum Gasteiger partial charge on any atom is -0.479 e. The first-order valence-electron chi connectivity index (χ1n) is 13.0. The van der Waals surface area contributed by atoms with Gasteiger partial charge in [-0.1, -0.05) is 31.2 Å². The Morgan fingerprint density at radius 3 is 2.40 bits per heavy atom. The molecule has 0 bridgehead atoms. The quantitative estimate of drug-likeness (QED) is 0.368. The van der Waals surface area contributed by atoms with Gasteiger partial charge in [-0.15, -0.1) is 17.9 Å². The molecule has 0 unspecified atom stereocenters. The molecule has 1 aromatic carbocycles. The fraction of sp³-hybridized carbons (Fsp3) is 0.414. The van der Waals surface area contributed by atoms with Crippen LogP contribution >= 0.6 is 11.3 Å². The van der Waals surface area contributed by atoms with Crippen molar-refractivity contribution >= 4 is 40.3 Å². The molecule has 3 aromatic rings. The maximum absolute atomic E-state index is 13.6. The molecule has 0 radical (unpaired) electrons. The molecule has 1 fully saturated rings. The summed E-state index contributed by atoms with van der Waals surface area (Å²) in [4.78, 5) is 50.5. The highest BCUT2D eigenvalue weighted by Gasteiger charge is 2.47. The third-order valence-corrected chi connectivity index (χ3v) is 7.73. The van der Waals surface area contributed by atoms with Gasteiger partial charge < -0.3 is 19.9 Å². The van der Waals surface area contributed by atoms with E-state index in [9.17, 15) is 19.5 Å². The number of amides is 2. The lowest BCUT2D eigenvalue weighted by Crippen LogP contribution is -2.60. The number of hydrogen-bond donors (Lipinski definition) is 2. The number of likely N-dealkylation sites (tertiary alicyclic amines) is 1. The number of nitrogens with zero attached hydrogens (tertiary/aromatic N) is 3. The van der Waals surface area contributed by atoms with Crippen molar-refractivity contribution in [2.45, 2.75) is 64.3 Å². The van der Waals surface area contributed by atoms with E-state index in [-0.39, 0.29) is 18.8 Å². The van der Waals surface area contributed by atoms with E-state index in [1.165, 1.54) is 29.2 Å². The average Bonchev–Trinajstić information content (AvgIpc) is 3.57. The monoisotopic (exact) mass is 566 g/mol. The molecule has 2 aromatic heterocycles. The number of ether oxygens (including phenoxy) is 2. The van der Waals surface area contributed by atoms with Crippen LogP contribution in [0, 0.1) is 5.92 Å². The zero-order valence-corrected chi connectivity index (χ0v) is 24.0. The molecule has 40 heavy (non-hydrogen) atoms. The van der Waals surface area contributed by atoms with E-state index in [1.807, 2.05) is 41.8 Å². The molecule has 11 heteroatoms. The lowest BCUT2D eigenvalue weighted by Gasteiger charge is -2.33. The largest absolute Gasteiger partial charge is 0.479 e. The summed E-state index contributed by atoms with van der Waals surface area (Å²) in [7, 11) is 0. The van der Waals surface area contributed by atoms with E-state index in [2.05, 4.69) is 11.9 Å². The third kappa shape index (κ3) is 6.09. The molecule has 1 aliphatic rings. The summed E-state index contributed by atoms with van der Waals surface area (Å²) in [5, 5.41) is 14.5. The van der Waals surface area contributed by atoms with E-state index in [0.717, 1.165) is 4.88 Å². The first-order chi connectivity index (χ1) is 18.8. The molecule has 0 saturated carbocycles. The number of nitrogens with one attached hydrogen (secondary N) is 1. The number of carboxylic acid groups (broad SMARTS) is 1. The Balaban J connectivity index is 1.66. The predicted molar refractivity (Wildman–Crippen MR) is 152 cm³/mol. The normalized spacial score (nSPS) is 19.5. The molecular formula is C29H34N4O6S. The summed E-state index contributed by atoms with van der Waals surface area (Å²) >= 11 is 1.49. The molecule has 4 atom stereocenters. The SMILES string of the molecule is C=C[C@H](C)[C@@](C)(NC(=O)[C@@H]1C[C@@H](Oc2nc3ccccc3nc2-c2cccs2)CN1C(=O)OC(C)(C)C)C(=O)O. The Hall–Kier alpha value is -3.99. The topological polar surface area (TPSA) is 131 Å². The average molecular weight is 567 g/mol. The van der Waals surface area contributed by atoms with Gasteiger partial charge >= 0.3 is 12.1 Å². The van der Waals surface area contributed by atoms with E-state index in [0.29, 0.717) is 16.7 Å². The molecule has 1 aliphatic heterocycles. The van der Waals surface area contributed by atoms with Crippen LogP contribution in [0.25, 0.3) is 21.6 Å². The fourth-order valence-corrected chi connectivity index (χ4v) is 5.09. The Bertz CT molecular complexity index is 1420. The molecule has 3 heterocycles. The van der Waals surface area contributed by atoms with Gasteiger partial charge in [0.2, 0.25) is 11.8 Å². The van der Waals surface area contributed by atoms with Gasteiger partial charge in [0.25, 0.3) is 0 Å². The summed E-state index contributed by atoms with van der Waals surface area (Å²) in [5.74, 6) is -2.14. The Labute approximate surface area is 237 Å². The zero-order valence-electron chi connectivity index (χ0n) is 23.2. The minimum atomic E-state index is -1.63. The van der Waals surface area contributed by atoms with Crippen molar-refractivity contribution in [2.75, 3.05) is 6.54 Å². The van der Waals surface area contributed by atoms with Gasteiger partial charge in [0.15, 0.2) is 0 Å². The number of carboxylic acids is 1. The molecular weight excluding hydrogens is 532 g/mol. The van der Waals surface area contributed by atoms with Crippen LogP contribution in [0.4, 0.5) is 4.79 Å². The van der Waals surface area contributed by atoms with Crippen LogP contribution in [-0.2, 0) is 14.3 Å². The van der Waals surface area contributed by atoms with Crippen LogP contribution in [0.1, 0.15) is 41.0 Å². The van der Waals surface area contributed by atoms with E-state index < -0.39 is 47.2 Å². The predicted octanol–water partition coefficient (Wildman–Crippen LogP) is 4.90. The molecule has 0 spiro atoms. The van der Waals surface area contributed by atoms with Crippen LogP contribution in [0.3, 0.4) is 0 Å². The lowest BCUT2D eigenvalue weighted by molar-refractivity contribution is -0.149. The van der Waals surface area contributed by atoms with Crippen molar-refractivity contribution in [2.24, 2.45) is 5.92 Å². The molecule has 10 nitrogen and oxygen atoms in total. The van der Waals surface area contributed by atoms with Gasteiger partial charge in [0, 0.05) is 12.3 Å². The first kappa shape index (κ1) is 29.0. The second kappa shape index (κ2) is 11.2. The smallest absolute Gasteiger partial charge is 0.411 e. The second-order valence-electron chi connectivity index (χ2n) is 11.0. The van der Waals surface area contributed by atoms with Crippen molar-refractivity contribution in [1.82, 2.24) is 20.2 Å². The highest BCUT2D eigenvalue weighted by molar-refractivity contribution is 7.13. The Kier molecular flexibility index (Phi) is 8.15. The number of fused-ring (bicyclic) bond motifs is 1. The zero-order chi connectivity index (χ0) is 29.2. The molecule has 212 valence electrons. The summed E-state index contributed by atoms with van der Waals surface area (Å²) in [6.45, 7) is 12.0. The number of benzene rings is 1. The van der Waals surface area contributed by atoms with Gasteiger partial charge in [-0.05, 0) is 51.3 Å². The van der Waals surface area contributed by atoms with Crippen molar-refractivity contribution in [3.8, 4) is 16.5 Å². The van der Waals surface area contributed by atoms with Crippen LogP contribution in [0.5, 0.6) is 5.88 Å². The minimum absolute atomic E-state index is 0.0339. The summed E-state index contributed by atoms with van der Waals surface area (Å²) < 4.78 is 11.9. The maximum atomic E-state index is 13.6. The van der Waals surface area contributed by atoms with Gasteiger partial charge in [0.05, 0.1) is 22.5 Å². The van der Waals surface area contributed by atoms with Gasteiger partial charge in [-0.3, -0.25) is 9.69 Å². The van der Waals surface area contributed by atoms with Crippen LogP contribution < -0.4 is 10.1 Å². The van der Waals surface area contributed by atoms with Crippen molar-refractivity contribution in [3.05, 3.63) is 54.4 Å². The molecule has 0 aliphatic carbocycles. The number of carbonyl (C=O) groups is 3. The maximum Gasteiger partial charge on any atom is 0.411 e. The first-order valence-corrected chi connectivity index (χ1v) is 13.8. The van der Waals surface area contributed by atoms with Crippen molar-refractivity contribution < 1.29 is 29.0 Å². The van der Waals surface area contributed by atoms with Crippen molar-refractivity contribution in [1.29, 1.82) is 0 Å². The fourth-order valence-electron chi connectivity index (χ4n) is 4.39. The van der Waals surface area contributed by atoms with Crippen LogP contribution in [0.15, 0.2) is 54.4 Å². The molecule has 4 rings (SSSR count). The van der Waals surface area contributed by atoms with Gasteiger partial charge in [-0.25, -0.2) is 19.6 Å². The van der Waals surface area contributed by atoms with Crippen LogP contribution in [-0.4, -0.2) is 67.8 Å². The summed E-state index contributed by atoms with van der Waals surface area (Å²) in [6, 6.07) is 10.2.